The summed E-state index contributed by atoms with van der Waals surface area (Å²) in [6.45, 7) is 4.40. The molecule has 1 aliphatic heterocycles. The van der Waals surface area contributed by atoms with Crippen LogP contribution < -0.4 is 4.90 Å². The lowest BCUT2D eigenvalue weighted by atomic mass is 10.2. The van der Waals surface area contributed by atoms with Crippen molar-refractivity contribution in [3.8, 4) is 5.88 Å². The third-order valence-corrected chi connectivity index (χ3v) is 5.06. The number of benzene rings is 2. The molecule has 1 amide bonds. The number of carbonyl (C=O) groups excluding carboxylic acids is 1. The summed E-state index contributed by atoms with van der Waals surface area (Å²) in [6.07, 6.45) is 0.317. The maximum absolute atomic E-state index is 12.1. The second kappa shape index (κ2) is 8.22. The van der Waals surface area contributed by atoms with Crippen LogP contribution in [0.15, 0.2) is 64.8 Å². The molecule has 2 heterocycles. The smallest absolute Gasteiger partial charge is 0.266 e. The van der Waals surface area contributed by atoms with Crippen LogP contribution in [0.2, 0.25) is 0 Å². The van der Waals surface area contributed by atoms with Gasteiger partial charge in [-0.15, -0.1) is 10.2 Å². The minimum absolute atomic E-state index is 0.0743. The molecule has 0 unspecified atom stereocenters. The summed E-state index contributed by atoms with van der Waals surface area (Å²) in [7, 11) is 0. The summed E-state index contributed by atoms with van der Waals surface area (Å²) in [4.78, 5) is 19.6. The van der Waals surface area contributed by atoms with Crippen molar-refractivity contribution in [1.29, 1.82) is 0 Å². The molecule has 0 atom stereocenters. The van der Waals surface area contributed by atoms with Crippen LogP contribution >= 0.6 is 0 Å². The Bertz CT molecular complexity index is 975. The molecular weight excluding hydrogens is 354 g/mol. The van der Waals surface area contributed by atoms with Gasteiger partial charge in [0, 0.05) is 50.2 Å². The van der Waals surface area contributed by atoms with Gasteiger partial charge < -0.3 is 15.0 Å². The largest absolute Gasteiger partial charge is 0.493 e. The number of anilines is 1. The molecule has 7 nitrogen and oxygen atoms in total. The van der Waals surface area contributed by atoms with Gasteiger partial charge >= 0.3 is 0 Å². The van der Waals surface area contributed by atoms with Gasteiger partial charge in [-0.05, 0) is 18.2 Å². The number of H-pyrrole nitrogens is 1. The number of nitrogens with one attached hydrogen (secondary N) is 1. The fraction of sp³-hybridized carbons (Fsp3) is 0.286. The molecule has 0 aliphatic carbocycles. The van der Waals surface area contributed by atoms with Crippen LogP contribution in [0.4, 0.5) is 11.4 Å². The van der Waals surface area contributed by atoms with Crippen molar-refractivity contribution in [2.45, 2.75) is 6.42 Å². The lowest BCUT2D eigenvalue weighted by molar-refractivity contribution is -0.118. The molecule has 144 valence electrons. The van der Waals surface area contributed by atoms with Crippen LogP contribution in [0.25, 0.3) is 10.9 Å². The highest BCUT2D eigenvalue weighted by atomic mass is 16.3. The molecule has 2 N–H and O–H groups in total. The van der Waals surface area contributed by atoms with E-state index in [1.807, 2.05) is 30.3 Å². The van der Waals surface area contributed by atoms with Crippen LogP contribution in [0, 0.1) is 0 Å². The molecule has 2 aromatic carbocycles. The maximum Gasteiger partial charge on any atom is 0.266 e. The molecule has 1 aliphatic rings. The third kappa shape index (κ3) is 4.04. The number of rotatable bonds is 5. The Kier molecular flexibility index (Phi) is 5.34. The Balaban J connectivity index is 1.28. The Labute approximate surface area is 163 Å². The normalized spacial score (nSPS) is 15.5. The van der Waals surface area contributed by atoms with Gasteiger partial charge in [0.1, 0.15) is 0 Å². The lowest BCUT2D eigenvalue weighted by Gasteiger charge is -2.35. The van der Waals surface area contributed by atoms with E-state index >= 15 is 0 Å². The molecule has 1 saturated heterocycles. The predicted octanol–water partition coefficient (Wildman–Crippen LogP) is 3.70. The molecule has 0 bridgehead atoms. The highest BCUT2D eigenvalue weighted by molar-refractivity contribution is 5.94. The zero-order chi connectivity index (χ0) is 19.3. The summed E-state index contributed by atoms with van der Waals surface area (Å²) in [6, 6.07) is 17.8. The van der Waals surface area contributed by atoms with Crippen molar-refractivity contribution >= 4 is 28.2 Å². The minimum atomic E-state index is -0.282. The van der Waals surface area contributed by atoms with Crippen molar-refractivity contribution in [2.75, 3.05) is 37.6 Å². The fourth-order valence-electron chi connectivity index (χ4n) is 3.49. The van der Waals surface area contributed by atoms with Crippen LogP contribution in [0.3, 0.4) is 0 Å². The summed E-state index contributed by atoms with van der Waals surface area (Å²) in [5.74, 6) is -0.357. The summed E-state index contributed by atoms with van der Waals surface area (Å²) < 4.78 is 0. The van der Waals surface area contributed by atoms with E-state index < -0.39 is 0 Å². The summed E-state index contributed by atoms with van der Waals surface area (Å²) in [5.41, 5.74) is 2.31. The fourth-order valence-corrected chi connectivity index (χ4v) is 3.49. The van der Waals surface area contributed by atoms with E-state index in [2.05, 4.69) is 49.3 Å². The molecule has 7 heteroatoms. The van der Waals surface area contributed by atoms with Crippen molar-refractivity contribution < 1.29 is 9.90 Å². The lowest BCUT2D eigenvalue weighted by Crippen LogP contribution is -2.46. The minimum Gasteiger partial charge on any atom is -0.493 e. The zero-order valence-corrected chi connectivity index (χ0v) is 15.6. The molecule has 0 spiro atoms. The number of hydrogen-bond donors (Lipinski definition) is 2. The van der Waals surface area contributed by atoms with Gasteiger partial charge in [0.05, 0.1) is 5.52 Å². The molecule has 1 fully saturated rings. The highest BCUT2D eigenvalue weighted by Gasteiger charge is 2.17. The number of piperazine rings is 1. The average molecular weight is 377 g/mol. The van der Waals surface area contributed by atoms with E-state index in [1.54, 1.807) is 0 Å². The van der Waals surface area contributed by atoms with Gasteiger partial charge in [0.25, 0.3) is 5.91 Å². The first-order chi connectivity index (χ1) is 13.7. The summed E-state index contributed by atoms with van der Waals surface area (Å²) in [5, 5.41) is 18.5. The van der Waals surface area contributed by atoms with Gasteiger partial charge in [0.15, 0.2) is 5.69 Å². The molecular formula is C21H23N5O2. The van der Waals surface area contributed by atoms with Gasteiger partial charge in [-0.3, -0.25) is 9.69 Å². The maximum atomic E-state index is 12.1. The van der Waals surface area contributed by atoms with Crippen LogP contribution in [-0.2, 0) is 4.79 Å². The van der Waals surface area contributed by atoms with Crippen molar-refractivity contribution in [3.05, 3.63) is 54.6 Å². The van der Waals surface area contributed by atoms with Crippen LogP contribution in [-0.4, -0.2) is 53.6 Å². The van der Waals surface area contributed by atoms with Crippen LogP contribution in [0.1, 0.15) is 6.42 Å². The van der Waals surface area contributed by atoms with E-state index in [0.29, 0.717) is 18.7 Å². The monoisotopic (exact) mass is 377 g/mol. The predicted molar refractivity (Wildman–Crippen MR) is 109 cm³/mol. The molecule has 1 aromatic heterocycles. The number of fused-ring (bicyclic) bond motifs is 1. The molecule has 0 radical (unpaired) electrons. The Hall–Kier alpha value is -3.19. The number of aromatic hydroxyl groups is 1. The van der Waals surface area contributed by atoms with Gasteiger partial charge in [-0.2, -0.15) is 0 Å². The van der Waals surface area contributed by atoms with Gasteiger partial charge in [-0.25, -0.2) is 0 Å². The SMILES string of the molecule is O=C(CCN1CCN(c2ccccc2)CC1)N=Nc1c(O)[nH]c2ccccc12. The number of azo groups is 1. The van der Waals surface area contributed by atoms with Crippen LogP contribution in [0.5, 0.6) is 5.88 Å². The van der Waals surface area contributed by atoms with Crippen molar-refractivity contribution in [3.63, 3.8) is 0 Å². The first-order valence-electron chi connectivity index (χ1n) is 9.47. The molecule has 0 saturated carbocycles. The number of amides is 1. The quantitative estimate of drug-likeness (QED) is 0.664. The second-order valence-corrected chi connectivity index (χ2v) is 6.88. The zero-order valence-electron chi connectivity index (χ0n) is 15.6. The van der Waals surface area contributed by atoms with E-state index in [-0.39, 0.29) is 11.8 Å². The van der Waals surface area contributed by atoms with E-state index in [9.17, 15) is 9.90 Å². The molecule has 28 heavy (non-hydrogen) atoms. The number of para-hydroxylation sites is 2. The number of nitrogens with zero attached hydrogens (tertiary/aromatic N) is 4. The van der Waals surface area contributed by atoms with Gasteiger partial charge in [0.2, 0.25) is 5.88 Å². The van der Waals surface area contributed by atoms with E-state index in [0.717, 1.165) is 37.1 Å². The van der Waals surface area contributed by atoms with E-state index in [1.165, 1.54) is 5.69 Å². The standard InChI is InChI=1S/C21H23N5O2/c27-19(23-24-20-17-8-4-5-9-18(17)22-21(20)28)10-11-25-12-14-26(15-13-25)16-6-2-1-3-7-16/h1-9,22,28H,10-15H2. The molecule has 4 rings (SSSR count). The average Bonchev–Trinajstić information content (AvgIpc) is 3.06. The summed E-state index contributed by atoms with van der Waals surface area (Å²) >= 11 is 0. The Morgan fingerprint density at radius 3 is 2.50 bits per heavy atom. The number of carbonyl (C=O) groups is 1. The van der Waals surface area contributed by atoms with E-state index in [4.69, 9.17) is 0 Å². The molecule has 3 aromatic rings. The second-order valence-electron chi connectivity index (χ2n) is 6.88. The van der Waals surface area contributed by atoms with Crippen molar-refractivity contribution in [2.24, 2.45) is 10.2 Å². The number of aromatic amines is 1. The van der Waals surface area contributed by atoms with Gasteiger partial charge in [-0.1, -0.05) is 36.4 Å². The Morgan fingerprint density at radius 2 is 1.71 bits per heavy atom. The number of aromatic nitrogens is 1. The topological polar surface area (TPSA) is 84.3 Å². The first-order valence-corrected chi connectivity index (χ1v) is 9.47. The third-order valence-electron chi connectivity index (χ3n) is 5.06. The first kappa shape index (κ1) is 18.2. The number of hydrogen-bond acceptors (Lipinski definition) is 5. The Morgan fingerprint density at radius 1 is 1.00 bits per heavy atom. The highest BCUT2D eigenvalue weighted by Crippen LogP contribution is 2.35. The van der Waals surface area contributed by atoms with Crippen molar-refractivity contribution in [1.82, 2.24) is 9.88 Å².